The van der Waals surface area contributed by atoms with Gasteiger partial charge in [0.2, 0.25) is 0 Å². The summed E-state index contributed by atoms with van der Waals surface area (Å²) in [7, 11) is 0. The molecule has 1 aromatic rings. The van der Waals surface area contributed by atoms with Crippen LogP contribution in [0.1, 0.15) is 18.1 Å². The Morgan fingerprint density at radius 2 is 2.42 bits per heavy atom. The van der Waals surface area contributed by atoms with Crippen LogP contribution < -0.4 is 5.32 Å². The lowest BCUT2D eigenvalue weighted by Crippen LogP contribution is -2.09. The Labute approximate surface area is 124 Å². The Morgan fingerprint density at radius 1 is 1.63 bits per heavy atom. The number of halogens is 2. The van der Waals surface area contributed by atoms with Crippen LogP contribution in [-0.4, -0.2) is 12.5 Å². The van der Waals surface area contributed by atoms with Crippen LogP contribution in [0.5, 0.6) is 0 Å². The van der Waals surface area contributed by atoms with Gasteiger partial charge in [-0.05, 0) is 40.0 Å². The Kier molecular flexibility index (Phi) is 4.85. The normalized spacial score (nSPS) is 13.6. The summed E-state index contributed by atoms with van der Waals surface area (Å²) in [4.78, 5) is 11.7. The number of fused-ring (bicyclic) bond motifs is 1. The first kappa shape index (κ1) is 14.4. The third kappa shape index (κ3) is 3.29. The quantitative estimate of drug-likeness (QED) is 0.669. The van der Waals surface area contributed by atoms with E-state index in [2.05, 4.69) is 21.2 Å². The topological polar surface area (TPSA) is 47.6 Å². The van der Waals surface area contributed by atoms with E-state index in [0.29, 0.717) is 30.5 Å². The summed E-state index contributed by atoms with van der Waals surface area (Å²) in [6, 6.07) is 1.84. The van der Waals surface area contributed by atoms with Crippen LogP contribution >= 0.6 is 27.5 Å². The fourth-order valence-corrected chi connectivity index (χ4v) is 2.53. The van der Waals surface area contributed by atoms with Crippen molar-refractivity contribution in [3.63, 3.8) is 0 Å². The average molecular weight is 347 g/mol. The van der Waals surface area contributed by atoms with Gasteiger partial charge in [-0.2, -0.15) is 0 Å². The van der Waals surface area contributed by atoms with Crippen LogP contribution in [-0.2, 0) is 27.5 Å². The molecular weight excluding hydrogens is 334 g/mol. The second-order valence-corrected chi connectivity index (χ2v) is 5.10. The number of ether oxygens (including phenoxy) is 2. The average Bonchev–Trinajstić information content (AvgIpc) is 2.84. The van der Waals surface area contributed by atoms with Crippen molar-refractivity contribution < 1.29 is 14.3 Å². The minimum Gasteiger partial charge on any atom is -0.501 e. The first-order chi connectivity index (χ1) is 9.13. The summed E-state index contributed by atoms with van der Waals surface area (Å²) in [6.07, 6.45) is 2.67. The van der Waals surface area contributed by atoms with Gasteiger partial charge in [-0.3, -0.25) is 4.79 Å². The van der Waals surface area contributed by atoms with Crippen molar-refractivity contribution in [2.75, 3.05) is 11.9 Å². The van der Waals surface area contributed by atoms with Gasteiger partial charge in [-0.25, -0.2) is 0 Å². The van der Waals surface area contributed by atoms with Gasteiger partial charge < -0.3 is 14.8 Å². The summed E-state index contributed by atoms with van der Waals surface area (Å²) in [5.41, 5.74) is 2.62. The summed E-state index contributed by atoms with van der Waals surface area (Å²) in [5.74, 6) is -0.291. The third-order valence-corrected chi connectivity index (χ3v) is 4.14. The second-order valence-electron chi connectivity index (χ2n) is 3.93. The van der Waals surface area contributed by atoms with E-state index in [9.17, 15) is 4.79 Å². The molecule has 1 N–H and O–H groups in total. The highest BCUT2D eigenvalue weighted by Crippen LogP contribution is 2.38. The van der Waals surface area contributed by atoms with Crippen molar-refractivity contribution in [1.82, 2.24) is 0 Å². The number of carbonyl (C=O) groups is 1. The van der Waals surface area contributed by atoms with Crippen LogP contribution in [0, 0.1) is 0 Å². The van der Waals surface area contributed by atoms with Gasteiger partial charge >= 0.3 is 0 Å². The van der Waals surface area contributed by atoms with Gasteiger partial charge in [0.15, 0.2) is 0 Å². The van der Waals surface area contributed by atoms with Crippen molar-refractivity contribution >= 4 is 39.1 Å². The van der Waals surface area contributed by atoms with Crippen molar-refractivity contribution in [1.29, 1.82) is 0 Å². The van der Waals surface area contributed by atoms with Gasteiger partial charge in [0, 0.05) is 10.5 Å². The Balaban J connectivity index is 2.17. The zero-order valence-corrected chi connectivity index (χ0v) is 12.7. The molecule has 0 aliphatic carbocycles. The number of amides is 1. The van der Waals surface area contributed by atoms with E-state index in [-0.39, 0.29) is 5.91 Å². The van der Waals surface area contributed by atoms with Gasteiger partial charge in [0.05, 0.1) is 36.8 Å². The first-order valence-corrected chi connectivity index (χ1v) is 6.97. The van der Waals surface area contributed by atoms with Crippen LogP contribution in [0.15, 0.2) is 22.9 Å². The van der Waals surface area contributed by atoms with Crippen LogP contribution in [0.4, 0.5) is 5.69 Å². The number of rotatable bonds is 4. The van der Waals surface area contributed by atoms with Crippen LogP contribution in [0.3, 0.4) is 0 Å². The molecule has 0 atom stereocenters. The molecule has 1 heterocycles. The largest absolute Gasteiger partial charge is 0.501 e. The lowest BCUT2D eigenvalue weighted by atomic mass is 10.1. The maximum atomic E-state index is 11.7. The van der Waals surface area contributed by atoms with Crippen molar-refractivity contribution in [3.05, 3.63) is 39.0 Å². The lowest BCUT2D eigenvalue weighted by molar-refractivity contribution is -0.112. The van der Waals surface area contributed by atoms with Gasteiger partial charge in [0.25, 0.3) is 5.91 Å². The molecular formula is C13H13BrClNO3. The zero-order valence-electron chi connectivity index (χ0n) is 10.3. The fourth-order valence-electron chi connectivity index (χ4n) is 1.74. The highest BCUT2D eigenvalue weighted by atomic mass is 79.9. The number of benzene rings is 1. The van der Waals surface area contributed by atoms with Crippen LogP contribution in [0.2, 0.25) is 5.02 Å². The molecule has 6 heteroatoms. The van der Waals surface area contributed by atoms with E-state index in [1.54, 1.807) is 0 Å². The SMILES string of the molecule is CCOC=CC(=O)Nc1cc2c(c(Br)c1Cl)COC2. The molecule has 1 aromatic carbocycles. The summed E-state index contributed by atoms with van der Waals surface area (Å²) in [6.45, 7) is 3.43. The molecule has 0 fully saturated rings. The molecule has 0 saturated carbocycles. The minimum atomic E-state index is -0.291. The molecule has 0 spiro atoms. The molecule has 0 aromatic heterocycles. The van der Waals surface area contributed by atoms with E-state index in [1.165, 1.54) is 12.3 Å². The molecule has 19 heavy (non-hydrogen) atoms. The van der Waals surface area contributed by atoms with E-state index >= 15 is 0 Å². The fraction of sp³-hybridized carbons (Fsp3) is 0.308. The van der Waals surface area contributed by atoms with Gasteiger partial charge in [-0.1, -0.05) is 11.6 Å². The molecule has 1 aliphatic rings. The number of hydrogen-bond donors (Lipinski definition) is 1. The number of carbonyl (C=O) groups excluding carboxylic acids is 1. The third-order valence-electron chi connectivity index (χ3n) is 2.64. The summed E-state index contributed by atoms with van der Waals surface area (Å²) >= 11 is 9.64. The van der Waals surface area contributed by atoms with Gasteiger partial charge in [-0.15, -0.1) is 0 Å². The summed E-state index contributed by atoms with van der Waals surface area (Å²) in [5, 5.41) is 3.19. The first-order valence-electron chi connectivity index (χ1n) is 5.80. The highest BCUT2D eigenvalue weighted by Gasteiger charge is 2.20. The van der Waals surface area contributed by atoms with E-state index in [4.69, 9.17) is 21.1 Å². The van der Waals surface area contributed by atoms with Gasteiger partial charge in [0.1, 0.15) is 0 Å². The standard InChI is InChI=1S/C13H13BrClNO3/c1-2-18-4-3-11(17)16-10-5-8-6-19-7-9(8)12(14)13(10)15/h3-5H,2,6-7H2,1H3,(H,16,17). The molecule has 0 bridgehead atoms. The Morgan fingerprint density at radius 3 is 3.16 bits per heavy atom. The lowest BCUT2D eigenvalue weighted by Gasteiger charge is -2.10. The predicted octanol–water partition coefficient (Wildman–Crippen LogP) is 3.62. The van der Waals surface area contributed by atoms with Crippen molar-refractivity contribution in [2.24, 2.45) is 0 Å². The predicted molar refractivity (Wildman–Crippen MR) is 77.0 cm³/mol. The van der Waals surface area contributed by atoms with E-state index in [0.717, 1.165) is 15.6 Å². The van der Waals surface area contributed by atoms with E-state index in [1.807, 2.05) is 13.0 Å². The number of anilines is 1. The summed E-state index contributed by atoms with van der Waals surface area (Å²) < 4.78 is 11.1. The second kappa shape index (κ2) is 6.41. The number of nitrogens with one attached hydrogen (secondary N) is 1. The smallest absolute Gasteiger partial charge is 0.251 e. The molecule has 2 rings (SSSR count). The Hall–Kier alpha value is -1.04. The van der Waals surface area contributed by atoms with Crippen LogP contribution in [0.25, 0.3) is 0 Å². The highest BCUT2D eigenvalue weighted by molar-refractivity contribution is 9.10. The zero-order chi connectivity index (χ0) is 13.8. The molecule has 0 unspecified atom stereocenters. The molecule has 1 amide bonds. The van der Waals surface area contributed by atoms with Crippen molar-refractivity contribution in [3.8, 4) is 0 Å². The van der Waals surface area contributed by atoms with Crippen molar-refractivity contribution in [2.45, 2.75) is 20.1 Å². The maximum Gasteiger partial charge on any atom is 0.251 e. The molecule has 0 radical (unpaired) electrons. The monoisotopic (exact) mass is 345 g/mol. The molecule has 102 valence electrons. The van der Waals surface area contributed by atoms with E-state index < -0.39 is 0 Å². The Bertz CT molecular complexity index is 531. The molecule has 0 saturated heterocycles. The number of hydrogen-bond acceptors (Lipinski definition) is 3. The molecule has 1 aliphatic heterocycles. The molecule has 4 nitrogen and oxygen atoms in total. The minimum absolute atomic E-state index is 0.291. The maximum absolute atomic E-state index is 11.7.